The van der Waals surface area contributed by atoms with Gasteiger partial charge >= 0.3 is 12.2 Å². The smallest absolute Gasteiger partial charge is 0.407 e. The zero-order chi connectivity index (χ0) is 14.5. The number of hydrogen-bond acceptors (Lipinski definition) is 6. The Morgan fingerprint density at radius 3 is 1.68 bits per heavy atom. The molecule has 1 aliphatic rings. The summed E-state index contributed by atoms with van der Waals surface area (Å²) in [7, 11) is -3.31. The first-order valence-electron chi connectivity index (χ1n) is 5.95. The molecule has 0 spiro atoms. The lowest BCUT2D eigenvalue weighted by atomic mass is 10.2. The Hall–Kier alpha value is -1.51. The standard InChI is InChI=1S/C10H18N2O6S/c1-3-17-9(13)11-7-5-19(15,16)6-8(7)12-10(14)18-4-2/h7-8H,3-6H2,1-2H3,(H,11,13)(H,12,14)/t7-,8+. The van der Waals surface area contributed by atoms with Gasteiger partial charge in [0.25, 0.3) is 0 Å². The molecule has 1 heterocycles. The molecule has 1 aliphatic heterocycles. The van der Waals surface area contributed by atoms with Crippen LogP contribution in [0.15, 0.2) is 0 Å². The lowest BCUT2D eigenvalue weighted by molar-refractivity contribution is 0.139. The average Bonchev–Trinajstić information content (AvgIpc) is 2.53. The van der Waals surface area contributed by atoms with Gasteiger partial charge in [-0.2, -0.15) is 0 Å². The van der Waals surface area contributed by atoms with E-state index in [0.29, 0.717) is 0 Å². The van der Waals surface area contributed by atoms with Crippen LogP contribution in [-0.4, -0.2) is 57.4 Å². The molecule has 0 unspecified atom stereocenters. The van der Waals surface area contributed by atoms with E-state index in [2.05, 4.69) is 20.1 Å². The highest BCUT2D eigenvalue weighted by Gasteiger charge is 2.39. The summed E-state index contributed by atoms with van der Waals surface area (Å²) in [4.78, 5) is 22.6. The molecular formula is C10H18N2O6S. The normalized spacial score (nSPS) is 24.5. The van der Waals surface area contributed by atoms with Gasteiger partial charge in [-0.15, -0.1) is 0 Å². The van der Waals surface area contributed by atoms with Crippen molar-refractivity contribution in [1.29, 1.82) is 0 Å². The summed E-state index contributed by atoms with van der Waals surface area (Å²) in [6, 6.07) is -1.43. The van der Waals surface area contributed by atoms with Crippen LogP contribution in [0.3, 0.4) is 0 Å². The number of alkyl carbamates (subject to hydrolysis) is 2. The first kappa shape index (κ1) is 15.5. The third kappa shape index (κ3) is 4.93. The van der Waals surface area contributed by atoms with Crippen molar-refractivity contribution in [1.82, 2.24) is 10.6 Å². The highest BCUT2D eigenvalue weighted by Crippen LogP contribution is 2.13. The molecule has 110 valence electrons. The molecule has 0 radical (unpaired) electrons. The Balaban J connectivity index is 2.65. The van der Waals surface area contributed by atoms with Crippen LogP contribution in [0.5, 0.6) is 0 Å². The van der Waals surface area contributed by atoms with Crippen LogP contribution in [0.2, 0.25) is 0 Å². The lowest BCUT2D eigenvalue weighted by Gasteiger charge is -2.19. The summed E-state index contributed by atoms with van der Waals surface area (Å²) in [5, 5.41) is 4.84. The summed E-state index contributed by atoms with van der Waals surface area (Å²) in [6.07, 6.45) is -1.42. The van der Waals surface area contributed by atoms with Crippen LogP contribution in [-0.2, 0) is 19.3 Å². The number of carbonyl (C=O) groups excluding carboxylic acids is 2. The second kappa shape index (κ2) is 6.60. The number of nitrogens with one attached hydrogen (secondary N) is 2. The van der Waals surface area contributed by atoms with Gasteiger partial charge < -0.3 is 20.1 Å². The first-order chi connectivity index (χ1) is 8.88. The zero-order valence-electron chi connectivity index (χ0n) is 10.8. The van der Waals surface area contributed by atoms with E-state index in [0.717, 1.165) is 0 Å². The van der Waals surface area contributed by atoms with Crippen molar-refractivity contribution in [3.8, 4) is 0 Å². The van der Waals surface area contributed by atoms with Crippen LogP contribution in [0.4, 0.5) is 9.59 Å². The van der Waals surface area contributed by atoms with Gasteiger partial charge in [0.15, 0.2) is 9.84 Å². The van der Waals surface area contributed by atoms with Crippen molar-refractivity contribution in [3.05, 3.63) is 0 Å². The van der Waals surface area contributed by atoms with Crippen molar-refractivity contribution in [2.24, 2.45) is 0 Å². The quantitative estimate of drug-likeness (QED) is 0.733. The Labute approximate surface area is 111 Å². The van der Waals surface area contributed by atoms with E-state index in [4.69, 9.17) is 0 Å². The molecule has 1 saturated heterocycles. The Morgan fingerprint density at radius 1 is 1.00 bits per heavy atom. The SMILES string of the molecule is CCOC(=O)N[C@H]1CS(=O)(=O)C[C@H]1NC(=O)OCC. The maximum atomic E-state index is 11.5. The molecule has 0 saturated carbocycles. The summed E-state index contributed by atoms with van der Waals surface area (Å²) < 4.78 is 32.5. The van der Waals surface area contributed by atoms with E-state index in [1.54, 1.807) is 13.8 Å². The van der Waals surface area contributed by atoms with Crippen molar-refractivity contribution < 1.29 is 27.5 Å². The fraction of sp³-hybridized carbons (Fsp3) is 0.800. The Morgan fingerprint density at radius 2 is 1.37 bits per heavy atom. The number of sulfone groups is 1. The van der Waals surface area contributed by atoms with Crippen LogP contribution < -0.4 is 10.6 Å². The summed E-state index contributed by atoms with van der Waals surface area (Å²) >= 11 is 0. The van der Waals surface area contributed by atoms with Crippen molar-refractivity contribution in [3.63, 3.8) is 0 Å². The van der Waals surface area contributed by atoms with Crippen LogP contribution in [0.1, 0.15) is 13.8 Å². The zero-order valence-corrected chi connectivity index (χ0v) is 11.7. The summed E-state index contributed by atoms with van der Waals surface area (Å²) in [5.41, 5.74) is 0. The minimum absolute atomic E-state index is 0.182. The molecule has 9 heteroatoms. The number of ether oxygens (including phenoxy) is 2. The fourth-order valence-electron chi connectivity index (χ4n) is 1.78. The molecule has 19 heavy (non-hydrogen) atoms. The maximum absolute atomic E-state index is 11.5. The molecule has 2 N–H and O–H groups in total. The monoisotopic (exact) mass is 294 g/mol. The van der Waals surface area contributed by atoms with Gasteiger partial charge in [-0.05, 0) is 13.8 Å². The molecule has 8 nitrogen and oxygen atoms in total. The largest absolute Gasteiger partial charge is 0.450 e. The predicted octanol–water partition coefficient (Wildman–Crippen LogP) is -0.356. The van der Waals surface area contributed by atoms with Gasteiger partial charge in [0.2, 0.25) is 0 Å². The Kier molecular flexibility index (Phi) is 5.40. The molecule has 0 aromatic rings. The Bertz CT molecular complexity index is 401. The maximum Gasteiger partial charge on any atom is 0.407 e. The third-order valence-corrected chi connectivity index (χ3v) is 4.24. The number of hydrogen-bond donors (Lipinski definition) is 2. The molecule has 0 aliphatic carbocycles. The predicted molar refractivity (Wildman–Crippen MR) is 66.5 cm³/mol. The molecular weight excluding hydrogens is 276 g/mol. The molecule has 1 rings (SSSR count). The van der Waals surface area contributed by atoms with Crippen molar-refractivity contribution >= 4 is 22.0 Å². The second-order valence-electron chi connectivity index (χ2n) is 4.02. The number of rotatable bonds is 4. The minimum atomic E-state index is -3.31. The summed E-state index contributed by atoms with van der Waals surface area (Å²) in [6.45, 7) is 3.64. The van der Waals surface area contributed by atoms with E-state index < -0.39 is 34.1 Å². The van der Waals surface area contributed by atoms with Crippen LogP contribution in [0.25, 0.3) is 0 Å². The van der Waals surface area contributed by atoms with Gasteiger partial charge in [0, 0.05) is 0 Å². The molecule has 0 aromatic carbocycles. The second-order valence-corrected chi connectivity index (χ2v) is 6.17. The average molecular weight is 294 g/mol. The molecule has 0 bridgehead atoms. The van der Waals surface area contributed by atoms with E-state index in [9.17, 15) is 18.0 Å². The molecule has 1 fully saturated rings. The van der Waals surface area contributed by atoms with E-state index in [1.807, 2.05) is 0 Å². The minimum Gasteiger partial charge on any atom is -0.450 e. The highest BCUT2D eigenvalue weighted by molar-refractivity contribution is 7.91. The summed E-state index contributed by atoms with van der Waals surface area (Å²) in [5.74, 6) is -0.466. The number of carbonyl (C=O) groups is 2. The van der Waals surface area contributed by atoms with E-state index in [-0.39, 0.29) is 24.7 Å². The molecule has 2 amide bonds. The van der Waals surface area contributed by atoms with E-state index in [1.165, 1.54) is 0 Å². The topological polar surface area (TPSA) is 111 Å². The fourth-order valence-corrected chi connectivity index (χ4v) is 3.64. The lowest BCUT2D eigenvalue weighted by Crippen LogP contribution is -2.51. The number of amides is 2. The van der Waals surface area contributed by atoms with Gasteiger partial charge in [-0.25, -0.2) is 18.0 Å². The van der Waals surface area contributed by atoms with Gasteiger partial charge in [-0.3, -0.25) is 0 Å². The van der Waals surface area contributed by atoms with E-state index >= 15 is 0 Å². The highest BCUT2D eigenvalue weighted by atomic mass is 32.2. The van der Waals surface area contributed by atoms with Crippen molar-refractivity contribution in [2.45, 2.75) is 25.9 Å². The molecule has 0 aromatic heterocycles. The first-order valence-corrected chi connectivity index (χ1v) is 7.77. The van der Waals surface area contributed by atoms with Crippen LogP contribution >= 0.6 is 0 Å². The third-order valence-electron chi connectivity index (χ3n) is 2.51. The molecule has 2 atom stereocenters. The van der Waals surface area contributed by atoms with Crippen molar-refractivity contribution in [2.75, 3.05) is 24.7 Å². The van der Waals surface area contributed by atoms with Gasteiger partial charge in [0.1, 0.15) is 0 Å². The van der Waals surface area contributed by atoms with Crippen LogP contribution in [0, 0.1) is 0 Å². The van der Waals surface area contributed by atoms with Gasteiger partial charge in [-0.1, -0.05) is 0 Å². The van der Waals surface area contributed by atoms with Gasteiger partial charge in [0.05, 0.1) is 36.8 Å².